The highest BCUT2D eigenvalue weighted by Gasteiger charge is 2.23. The van der Waals surface area contributed by atoms with Gasteiger partial charge in [-0.1, -0.05) is 30.3 Å². The zero-order valence-corrected chi connectivity index (χ0v) is 22.6. The molecular formula is C31H29N5O4. The van der Waals surface area contributed by atoms with Gasteiger partial charge in [0.1, 0.15) is 11.4 Å². The van der Waals surface area contributed by atoms with E-state index >= 15 is 0 Å². The van der Waals surface area contributed by atoms with Gasteiger partial charge in [0.2, 0.25) is 0 Å². The van der Waals surface area contributed by atoms with Crippen LogP contribution in [0.15, 0.2) is 77.8 Å². The van der Waals surface area contributed by atoms with Crippen LogP contribution in [0.1, 0.15) is 58.4 Å². The molecule has 0 atom stereocenters. The number of aromatic nitrogens is 3. The number of aromatic amines is 1. The second-order valence-corrected chi connectivity index (χ2v) is 10.5. The molecule has 0 fully saturated rings. The topological polar surface area (TPSA) is 133 Å². The number of nitrogens with zero attached hydrogens (tertiary/aromatic N) is 3. The molecule has 0 aliphatic carbocycles. The molecule has 0 saturated heterocycles. The van der Waals surface area contributed by atoms with Gasteiger partial charge in [-0.2, -0.15) is 5.10 Å². The Labute approximate surface area is 230 Å². The quantitative estimate of drug-likeness (QED) is 0.155. The van der Waals surface area contributed by atoms with E-state index in [-0.39, 0.29) is 28.9 Å². The zero-order chi connectivity index (χ0) is 28.6. The van der Waals surface area contributed by atoms with Gasteiger partial charge in [-0.25, -0.2) is 0 Å². The molecular weight excluding hydrogens is 506 g/mol. The van der Waals surface area contributed by atoms with E-state index in [0.29, 0.717) is 44.7 Å². The summed E-state index contributed by atoms with van der Waals surface area (Å²) in [5.74, 6) is -0.546. The lowest BCUT2D eigenvalue weighted by molar-refractivity contribution is 0.100. The van der Waals surface area contributed by atoms with Gasteiger partial charge in [0.15, 0.2) is 11.7 Å². The van der Waals surface area contributed by atoms with Crippen LogP contribution in [0.25, 0.3) is 10.9 Å². The Morgan fingerprint density at radius 1 is 0.975 bits per heavy atom. The molecule has 5 aromatic rings. The summed E-state index contributed by atoms with van der Waals surface area (Å²) in [5.41, 5.74) is 3.66. The molecule has 202 valence electrons. The van der Waals surface area contributed by atoms with Crippen molar-refractivity contribution >= 4 is 40.2 Å². The fourth-order valence-corrected chi connectivity index (χ4v) is 4.46. The summed E-state index contributed by atoms with van der Waals surface area (Å²) in [6.07, 6.45) is 1.50. The molecule has 0 radical (unpaired) electrons. The van der Waals surface area contributed by atoms with Crippen LogP contribution in [0.5, 0.6) is 11.6 Å². The number of aromatic hydroxyl groups is 2. The van der Waals surface area contributed by atoms with Crippen LogP contribution < -0.4 is 5.32 Å². The molecule has 0 bridgehead atoms. The van der Waals surface area contributed by atoms with E-state index < -0.39 is 0 Å². The largest absolute Gasteiger partial charge is 0.508 e. The van der Waals surface area contributed by atoms with Gasteiger partial charge in [-0.3, -0.25) is 19.3 Å². The number of fused-ring (bicyclic) bond motifs is 1. The van der Waals surface area contributed by atoms with Crippen molar-refractivity contribution in [3.8, 4) is 11.6 Å². The van der Waals surface area contributed by atoms with Gasteiger partial charge in [0, 0.05) is 40.0 Å². The average molecular weight is 536 g/mol. The first-order valence-electron chi connectivity index (χ1n) is 12.7. The number of amides is 1. The standard InChI is InChI=1S/C31H29N5O4/c1-18-13-27(36(35-18)31(2,3)4)30(40)33-22-9-5-7-19(14-22)28(38)20-11-12-24-25(29(39)34-26(24)15-20)17-32-21-8-6-10-23(37)16-21/h5-17,34,37,39H,1-4H3,(H,33,40). The van der Waals surface area contributed by atoms with Crippen molar-refractivity contribution in [1.29, 1.82) is 0 Å². The first-order chi connectivity index (χ1) is 19.0. The third kappa shape index (κ3) is 5.35. The Bertz CT molecular complexity index is 1790. The molecule has 4 N–H and O–H groups in total. The van der Waals surface area contributed by atoms with Crippen LogP contribution in [0, 0.1) is 6.92 Å². The van der Waals surface area contributed by atoms with Crippen LogP contribution in [-0.2, 0) is 5.54 Å². The molecule has 0 saturated carbocycles. The third-order valence-corrected chi connectivity index (χ3v) is 6.33. The van der Waals surface area contributed by atoms with Crippen LogP contribution in [0.2, 0.25) is 0 Å². The van der Waals surface area contributed by atoms with Gasteiger partial charge in [-0.05, 0) is 64.1 Å². The van der Waals surface area contributed by atoms with E-state index in [9.17, 15) is 19.8 Å². The number of benzene rings is 3. The molecule has 5 rings (SSSR count). The molecule has 0 spiro atoms. The minimum atomic E-state index is -0.375. The normalized spacial score (nSPS) is 11.8. The van der Waals surface area contributed by atoms with E-state index in [1.165, 1.54) is 12.3 Å². The zero-order valence-electron chi connectivity index (χ0n) is 22.6. The maximum Gasteiger partial charge on any atom is 0.273 e. The van der Waals surface area contributed by atoms with Crippen molar-refractivity contribution in [2.45, 2.75) is 33.2 Å². The van der Waals surface area contributed by atoms with E-state index in [4.69, 9.17) is 0 Å². The van der Waals surface area contributed by atoms with E-state index in [1.54, 1.807) is 71.4 Å². The Balaban J connectivity index is 1.38. The molecule has 2 heterocycles. The highest BCUT2D eigenvalue weighted by molar-refractivity contribution is 6.13. The van der Waals surface area contributed by atoms with Crippen molar-refractivity contribution in [3.05, 3.63) is 101 Å². The number of phenols is 1. The lowest BCUT2D eigenvalue weighted by Crippen LogP contribution is -2.29. The van der Waals surface area contributed by atoms with E-state index in [1.807, 2.05) is 27.7 Å². The van der Waals surface area contributed by atoms with Gasteiger partial charge >= 0.3 is 0 Å². The van der Waals surface area contributed by atoms with Gasteiger partial charge in [-0.15, -0.1) is 0 Å². The summed E-state index contributed by atoms with van der Waals surface area (Å²) in [6.45, 7) is 7.76. The molecule has 1 amide bonds. The van der Waals surface area contributed by atoms with Crippen molar-refractivity contribution in [2.75, 3.05) is 5.32 Å². The number of nitrogens with one attached hydrogen (secondary N) is 2. The number of carbonyl (C=O) groups excluding carboxylic acids is 2. The van der Waals surface area contributed by atoms with Crippen molar-refractivity contribution in [3.63, 3.8) is 0 Å². The Hall–Kier alpha value is -5.18. The number of phenolic OH excluding ortho intramolecular Hbond substituents is 1. The summed E-state index contributed by atoms with van der Waals surface area (Å²) < 4.78 is 1.69. The van der Waals surface area contributed by atoms with Crippen LogP contribution in [0.4, 0.5) is 11.4 Å². The van der Waals surface area contributed by atoms with Gasteiger partial charge in [0.05, 0.1) is 22.5 Å². The second kappa shape index (κ2) is 10.2. The molecule has 0 aliphatic rings. The molecule has 0 unspecified atom stereocenters. The predicted molar refractivity (Wildman–Crippen MR) is 155 cm³/mol. The highest BCUT2D eigenvalue weighted by atomic mass is 16.3. The number of hydrogen-bond acceptors (Lipinski definition) is 6. The van der Waals surface area contributed by atoms with Crippen molar-refractivity contribution in [1.82, 2.24) is 14.8 Å². The average Bonchev–Trinajstić information content (AvgIpc) is 3.46. The van der Waals surface area contributed by atoms with Gasteiger partial charge in [0.25, 0.3) is 5.91 Å². The highest BCUT2D eigenvalue weighted by Crippen LogP contribution is 2.29. The Kier molecular flexibility index (Phi) is 6.73. The minimum absolute atomic E-state index is 0.0852. The molecule has 2 aromatic heterocycles. The summed E-state index contributed by atoms with van der Waals surface area (Å²) in [7, 11) is 0. The molecule has 40 heavy (non-hydrogen) atoms. The predicted octanol–water partition coefficient (Wildman–Crippen LogP) is 6.07. The number of H-pyrrole nitrogens is 1. The maximum atomic E-state index is 13.4. The minimum Gasteiger partial charge on any atom is -0.508 e. The Morgan fingerprint density at radius 2 is 1.73 bits per heavy atom. The summed E-state index contributed by atoms with van der Waals surface area (Å²) in [6, 6.07) is 20.0. The summed E-state index contributed by atoms with van der Waals surface area (Å²) >= 11 is 0. The second-order valence-electron chi connectivity index (χ2n) is 10.5. The smallest absolute Gasteiger partial charge is 0.273 e. The third-order valence-electron chi connectivity index (χ3n) is 6.33. The molecule has 9 nitrogen and oxygen atoms in total. The number of ketones is 1. The number of rotatable bonds is 6. The monoisotopic (exact) mass is 535 g/mol. The fraction of sp³-hybridized carbons (Fsp3) is 0.161. The SMILES string of the molecule is Cc1cc(C(=O)Nc2cccc(C(=O)c3ccc4c(C=Nc5cccc(O)c5)c(O)[nH]c4c3)c2)n(C(C)(C)C)n1. The fourth-order valence-electron chi connectivity index (χ4n) is 4.46. The molecule has 3 aromatic carbocycles. The lowest BCUT2D eigenvalue weighted by Gasteiger charge is -2.22. The number of hydrogen-bond donors (Lipinski definition) is 4. The number of anilines is 1. The van der Waals surface area contributed by atoms with E-state index in [0.717, 1.165) is 5.69 Å². The summed E-state index contributed by atoms with van der Waals surface area (Å²) in [5, 5.41) is 28.1. The van der Waals surface area contributed by atoms with Crippen molar-refractivity contribution in [2.24, 2.45) is 4.99 Å². The van der Waals surface area contributed by atoms with Gasteiger partial charge < -0.3 is 20.5 Å². The van der Waals surface area contributed by atoms with Crippen LogP contribution in [-0.4, -0.2) is 42.9 Å². The maximum absolute atomic E-state index is 13.4. The van der Waals surface area contributed by atoms with Crippen LogP contribution >= 0.6 is 0 Å². The van der Waals surface area contributed by atoms with E-state index in [2.05, 4.69) is 20.4 Å². The number of aliphatic imine (C=N–C) groups is 1. The number of carbonyl (C=O) groups is 2. The number of aryl methyl sites for hydroxylation is 1. The van der Waals surface area contributed by atoms with Crippen molar-refractivity contribution < 1.29 is 19.8 Å². The first kappa shape index (κ1) is 26.4. The lowest BCUT2D eigenvalue weighted by atomic mass is 10.0. The molecule has 9 heteroatoms. The Morgan fingerprint density at radius 3 is 2.48 bits per heavy atom. The van der Waals surface area contributed by atoms with Crippen LogP contribution in [0.3, 0.4) is 0 Å². The molecule has 0 aliphatic heterocycles. The summed E-state index contributed by atoms with van der Waals surface area (Å²) in [4.78, 5) is 33.7. The first-order valence-corrected chi connectivity index (χ1v) is 12.7.